The van der Waals surface area contributed by atoms with E-state index < -0.39 is 0 Å². The molecule has 0 aliphatic rings. The summed E-state index contributed by atoms with van der Waals surface area (Å²) in [5.74, 6) is 0. The first-order valence-electron chi connectivity index (χ1n) is 5.47. The summed E-state index contributed by atoms with van der Waals surface area (Å²) in [6.07, 6.45) is 3.57. The van der Waals surface area contributed by atoms with E-state index >= 15 is 0 Å². The second kappa shape index (κ2) is 5.39. The van der Waals surface area contributed by atoms with Gasteiger partial charge in [0.05, 0.1) is 0 Å². The molecule has 0 saturated heterocycles. The van der Waals surface area contributed by atoms with Crippen LogP contribution in [-0.4, -0.2) is 6.03 Å². The van der Waals surface area contributed by atoms with E-state index in [-0.39, 0.29) is 11.4 Å². The summed E-state index contributed by atoms with van der Waals surface area (Å²) >= 11 is 0. The molecule has 92 valence electrons. The number of carbonyl (C=O) groups excluding carboxylic acids is 1. The van der Waals surface area contributed by atoms with Crippen LogP contribution in [0.2, 0.25) is 0 Å². The quantitative estimate of drug-likeness (QED) is 0.687. The van der Waals surface area contributed by atoms with Gasteiger partial charge in [0.25, 0.3) is 0 Å². The van der Waals surface area contributed by atoms with Gasteiger partial charge in [0.1, 0.15) is 0 Å². The lowest BCUT2D eigenvalue weighted by Crippen LogP contribution is -2.24. The van der Waals surface area contributed by atoms with Gasteiger partial charge in [0.2, 0.25) is 0 Å². The number of hydrogen-bond acceptors (Lipinski definition) is 2. The number of allylic oxidation sites excluding steroid dienone is 1. The number of nitrogen functional groups attached to an aromatic ring is 1. The highest BCUT2D eigenvalue weighted by molar-refractivity contribution is 5.89. The van der Waals surface area contributed by atoms with Gasteiger partial charge in [0, 0.05) is 17.6 Å². The average Bonchev–Trinajstić information content (AvgIpc) is 2.19. The van der Waals surface area contributed by atoms with Gasteiger partial charge >= 0.3 is 6.03 Å². The fourth-order valence-corrected chi connectivity index (χ4v) is 1.10. The van der Waals surface area contributed by atoms with Gasteiger partial charge in [-0.3, -0.25) is 0 Å². The van der Waals surface area contributed by atoms with Crippen molar-refractivity contribution in [2.75, 3.05) is 11.1 Å². The van der Waals surface area contributed by atoms with Crippen LogP contribution in [0.4, 0.5) is 16.2 Å². The molecule has 2 amide bonds. The van der Waals surface area contributed by atoms with Crippen LogP contribution >= 0.6 is 0 Å². The predicted molar refractivity (Wildman–Crippen MR) is 71.6 cm³/mol. The van der Waals surface area contributed by atoms with Crippen molar-refractivity contribution in [1.82, 2.24) is 5.32 Å². The zero-order valence-corrected chi connectivity index (χ0v) is 10.4. The number of carbonyl (C=O) groups is 1. The fraction of sp³-hybridized carbons (Fsp3) is 0.308. The standard InChI is InChI=1S/C13H19N3O/c1-13(2,3)8-9-15-12(17)16-11-6-4-10(14)5-7-11/h4-9H,14H2,1-3H3,(H2,15,16,17)/b9-8+. The lowest BCUT2D eigenvalue weighted by molar-refractivity contribution is 0.255. The molecule has 0 bridgehead atoms. The topological polar surface area (TPSA) is 67.2 Å². The minimum atomic E-state index is -0.268. The Bertz CT molecular complexity index is 402. The molecule has 1 aromatic rings. The van der Waals surface area contributed by atoms with Crippen molar-refractivity contribution >= 4 is 17.4 Å². The molecule has 0 fully saturated rings. The van der Waals surface area contributed by atoms with Gasteiger partial charge in [0.15, 0.2) is 0 Å². The van der Waals surface area contributed by atoms with Crippen LogP contribution in [-0.2, 0) is 0 Å². The van der Waals surface area contributed by atoms with Crippen LogP contribution in [0.5, 0.6) is 0 Å². The Labute approximate surface area is 102 Å². The number of hydrogen-bond donors (Lipinski definition) is 3. The number of nitrogens with one attached hydrogen (secondary N) is 2. The third-order valence-corrected chi connectivity index (χ3v) is 1.97. The maximum Gasteiger partial charge on any atom is 0.323 e. The highest BCUT2D eigenvalue weighted by atomic mass is 16.2. The first-order chi connectivity index (χ1) is 7.87. The normalized spacial score (nSPS) is 11.5. The van der Waals surface area contributed by atoms with Gasteiger partial charge in [-0.2, -0.15) is 0 Å². The van der Waals surface area contributed by atoms with Crippen LogP contribution in [0.3, 0.4) is 0 Å². The molecule has 4 heteroatoms. The second-order valence-electron chi connectivity index (χ2n) is 4.92. The molecule has 0 aliphatic carbocycles. The van der Waals surface area contributed by atoms with E-state index in [9.17, 15) is 4.79 Å². The Morgan fingerprint density at radius 1 is 1.24 bits per heavy atom. The lowest BCUT2D eigenvalue weighted by Gasteiger charge is -2.11. The van der Waals surface area contributed by atoms with Crippen LogP contribution < -0.4 is 16.4 Å². The van der Waals surface area contributed by atoms with E-state index in [1.54, 1.807) is 30.5 Å². The third kappa shape index (κ3) is 5.61. The van der Waals surface area contributed by atoms with Crippen molar-refractivity contribution < 1.29 is 4.79 Å². The minimum absolute atomic E-state index is 0.0501. The number of amides is 2. The minimum Gasteiger partial charge on any atom is -0.399 e. The largest absolute Gasteiger partial charge is 0.399 e. The Balaban J connectivity index is 2.45. The van der Waals surface area contributed by atoms with Gasteiger partial charge in [-0.05, 0) is 29.7 Å². The molecule has 1 aromatic carbocycles. The molecule has 4 N–H and O–H groups in total. The zero-order valence-electron chi connectivity index (χ0n) is 10.4. The molecule has 0 spiro atoms. The van der Waals surface area contributed by atoms with E-state index in [2.05, 4.69) is 31.4 Å². The molecular weight excluding hydrogens is 214 g/mol. The number of benzene rings is 1. The lowest BCUT2D eigenvalue weighted by atomic mass is 9.97. The number of anilines is 2. The summed E-state index contributed by atoms with van der Waals surface area (Å²) in [7, 11) is 0. The second-order valence-corrected chi connectivity index (χ2v) is 4.92. The monoisotopic (exact) mass is 233 g/mol. The van der Waals surface area contributed by atoms with E-state index in [0.717, 1.165) is 0 Å². The molecule has 0 aromatic heterocycles. The van der Waals surface area contributed by atoms with Crippen molar-refractivity contribution in [3.8, 4) is 0 Å². The van der Waals surface area contributed by atoms with Crippen molar-refractivity contribution in [1.29, 1.82) is 0 Å². The highest BCUT2D eigenvalue weighted by Gasteiger charge is 2.04. The van der Waals surface area contributed by atoms with E-state index in [0.29, 0.717) is 11.4 Å². The maximum absolute atomic E-state index is 11.5. The molecule has 0 saturated carbocycles. The SMILES string of the molecule is CC(C)(C)/C=C/NC(=O)Nc1ccc(N)cc1. The Morgan fingerprint density at radius 3 is 2.35 bits per heavy atom. The predicted octanol–water partition coefficient (Wildman–Crippen LogP) is 2.95. The summed E-state index contributed by atoms with van der Waals surface area (Å²) in [5.41, 5.74) is 6.98. The average molecular weight is 233 g/mol. The summed E-state index contributed by atoms with van der Waals surface area (Å²) < 4.78 is 0. The van der Waals surface area contributed by atoms with Crippen molar-refractivity contribution in [2.24, 2.45) is 5.41 Å². The number of nitrogens with two attached hydrogens (primary N) is 1. The van der Waals surface area contributed by atoms with Crippen LogP contribution in [0.15, 0.2) is 36.5 Å². The highest BCUT2D eigenvalue weighted by Crippen LogP contribution is 2.13. The molecule has 4 nitrogen and oxygen atoms in total. The molecule has 17 heavy (non-hydrogen) atoms. The molecule has 1 rings (SSSR count). The van der Waals surface area contributed by atoms with Gasteiger partial charge in [-0.15, -0.1) is 0 Å². The van der Waals surface area contributed by atoms with Crippen LogP contribution in [0, 0.1) is 5.41 Å². The summed E-state index contributed by atoms with van der Waals surface area (Å²) in [6, 6.07) is 6.71. The summed E-state index contributed by atoms with van der Waals surface area (Å²) in [4.78, 5) is 11.5. The van der Waals surface area contributed by atoms with E-state index in [1.165, 1.54) is 0 Å². The Hall–Kier alpha value is -1.97. The first kappa shape index (κ1) is 13.1. The maximum atomic E-state index is 11.5. The molecule has 0 atom stereocenters. The van der Waals surface area contributed by atoms with Gasteiger partial charge in [-0.1, -0.05) is 26.8 Å². The molecule has 0 radical (unpaired) electrons. The van der Waals surface area contributed by atoms with Crippen molar-refractivity contribution in [3.05, 3.63) is 36.5 Å². The smallest absolute Gasteiger partial charge is 0.323 e. The van der Waals surface area contributed by atoms with Crippen LogP contribution in [0.1, 0.15) is 20.8 Å². The fourth-order valence-electron chi connectivity index (χ4n) is 1.10. The first-order valence-corrected chi connectivity index (χ1v) is 5.47. The number of rotatable bonds is 2. The zero-order chi connectivity index (χ0) is 12.9. The molecule has 0 unspecified atom stereocenters. The Kier molecular flexibility index (Phi) is 4.15. The van der Waals surface area contributed by atoms with Gasteiger partial charge < -0.3 is 16.4 Å². The number of urea groups is 1. The van der Waals surface area contributed by atoms with Crippen molar-refractivity contribution in [3.63, 3.8) is 0 Å². The van der Waals surface area contributed by atoms with E-state index in [1.807, 2.05) is 6.08 Å². The summed E-state index contributed by atoms with van der Waals surface area (Å²) in [6.45, 7) is 6.18. The van der Waals surface area contributed by atoms with Crippen LogP contribution in [0.25, 0.3) is 0 Å². The molecular formula is C13H19N3O. The summed E-state index contributed by atoms with van der Waals surface area (Å²) in [5, 5.41) is 5.34. The third-order valence-electron chi connectivity index (χ3n) is 1.97. The molecule has 0 heterocycles. The molecule has 0 aliphatic heterocycles. The van der Waals surface area contributed by atoms with E-state index in [4.69, 9.17) is 5.73 Å². The Morgan fingerprint density at radius 2 is 1.82 bits per heavy atom. The van der Waals surface area contributed by atoms with Gasteiger partial charge in [-0.25, -0.2) is 4.79 Å². The van der Waals surface area contributed by atoms with Crippen molar-refractivity contribution in [2.45, 2.75) is 20.8 Å².